The summed E-state index contributed by atoms with van der Waals surface area (Å²) in [5.41, 5.74) is 8.10. The molecule has 27 heavy (non-hydrogen) atoms. The summed E-state index contributed by atoms with van der Waals surface area (Å²) in [6.07, 6.45) is 3.36. The minimum atomic E-state index is -0.0587. The Hall–Kier alpha value is -1.68. The molecular formula is C16H28N6O4S. The number of nitrogens with zero attached hydrogens (tertiary/aromatic N) is 3. The van der Waals surface area contributed by atoms with Crippen LogP contribution in [0.2, 0.25) is 0 Å². The zero-order valence-electron chi connectivity index (χ0n) is 15.4. The van der Waals surface area contributed by atoms with Gasteiger partial charge in [-0.05, 0) is 18.4 Å². The lowest BCUT2D eigenvalue weighted by molar-refractivity contribution is -0.121. The molecule has 0 spiro atoms. The number of carbonyl (C=O) groups excluding carboxylic acids is 2. The Morgan fingerprint density at radius 3 is 2.89 bits per heavy atom. The van der Waals surface area contributed by atoms with Crippen LogP contribution in [0.25, 0.3) is 10.4 Å². The Morgan fingerprint density at radius 1 is 1.26 bits per heavy atom. The van der Waals surface area contributed by atoms with Crippen molar-refractivity contribution in [1.82, 2.24) is 16.0 Å². The van der Waals surface area contributed by atoms with Crippen LogP contribution < -0.4 is 16.0 Å². The number of fused-ring (bicyclic) bond motifs is 1. The summed E-state index contributed by atoms with van der Waals surface area (Å²) in [4.78, 5) is 25.8. The number of unbranched alkanes of at least 4 members (excludes halogenated alkanes) is 1. The van der Waals surface area contributed by atoms with Crippen molar-refractivity contribution in [2.24, 2.45) is 5.11 Å². The Labute approximate surface area is 163 Å². The number of hydrogen-bond acceptors (Lipinski definition) is 6. The minimum absolute atomic E-state index is 0.0389. The van der Waals surface area contributed by atoms with Gasteiger partial charge in [0.05, 0.1) is 38.5 Å². The van der Waals surface area contributed by atoms with Crippen LogP contribution in [0.1, 0.15) is 25.7 Å². The summed E-state index contributed by atoms with van der Waals surface area (Å²) < 4.78 is 10.5. The van der Waals surface area contributed by atoms with Crippen LogP contribution in [0.3, 0.4) is 0 Å². The summed E-state index contributed by atoms with van der Waals surface area (Å²) in [5, 5.41) is 12.6. The van der Waals surface area contributed by atoms with E-state index in [9.17, 15) is 9.59 Å². The number of rotatable bonds is 14. The van der Waals surface area contributed by atoms with Crippen LogP contribution in [-0.2, 0) is 14.3 Å². The van der Waals surface area contributed by atoms with Crippen molar-refractivity contribution in [3.63, 3.8) is 0 Å². The Balaban J connectivity index is 1.38. The number of carbonyl (C=O) groups is 2. The first-order valence-corrected chi connectivity index (χ1v) is 10.4. The SMILES string of the molecule is [N-]=[N+]=NCCOCCOCCNC(=O)CCCC[C@@H]1SCC2NC(=O)NC21. The van der Waals surface area contributed by atoms with Gasteiger partial charge < -0.3 is 25.4 Å². The molecule has 0 bridgehead atoms. The third kappa shape index (κ3) is 8.25. The predicted molar refractivity (Wildman–Crippen MR) is 103 cm³/mol. The topological polar surface area (TPSA) is 137 Å². The molecule has 2 aliphatic heterocycles. The van der Waals surface area contributed by atoms with Gasteiger partial charge in [0, 0.05) is 35.4 Å². The molecule has 3 amide bonds. The van der Waals surface area contributed by atoms with Crippen molar-refractivity contribution < 1.29 is 19.1 Å². The third-order valence-corrected chi connectivity index (χ3v) is 5.93. The van der Waals surface area contributed by atoms with E-state index >= 15 is 0 Å². The molecule has 2 unspecified atom stereocenters. The molecule has 3 atom stereocenters. The van der Waals surface area contributed by atoms with Crippen LogP contribution in [0.15, 0.2) is 5.11 Å². The Morgan fingerprint density at radius 2 is 2.07 bits per heavy atom. The molecule has 0 aromatic heterocycles. The van der Waals surface area contributed by atoms with Crippen molar-refractivity contribution in [2.45, 2.75) is 43.0 Å². The highest BCUT2D eigenvalue weighted by molar-refractivity contribution is 8.00. The Kier molecular flexibility index (Phi) is 10.1. The highest BCUT2D eigenvalue weighted by Gasteiger charge is 2.42. The molecule has 0 aromatic carbocycles. The minimum Gasteiger partial charge on any atom is -0.379 e. The average Bonchev–Trinajstić information content (AvgIpc) is 3.20. The second-order valence-electron chi connectivity index (χ2n) is 6.40. The van der Waals surface area contributed by atoms with Gasteiger partial charge >= 0.3 is 6.03 Å². The van der Waals surface area contributed by atoms with Crippen LogP contribution in [0.5, 0.6) is 0 Å². The van der Waals surface area contributed by atoms with Crippen molar-refractivity contribution in [3.8, 4) is 0 Å². The largest absolute Gasteiger partial charge is 0.379 e. The smallest absolute Gasteiger partial charge is 0.315 e. The van der Waals surface area contributed by atoms with E-state index in [-0.39, 0.29) is 24.0 Å². The van der Waals surface area contributed by atoms with Crippen LogP contribution in [-0.4, -0.2) is 74.5 Å². The maximum atomic E-state index is 11.8. The molecule has 152 valence electrons. The first kappa shape index (κ1) is 21.6. The lowest BCUT2D eigenvalue weighted by atomic mass is 10.0. The molecule has 2 heterocycles. The molecule has 0 radical (unpaired) electrons. The van der Waals surface area contributed by atoms with E-state index in [0.29, 0.717) is 51.2 Å². The van der Waals surface area contributed by atoms with Gasteiger partial charge in [0.15, 0.2) is 0 Å². The number of thioether (sulfide) groups is 1. The van der Waals surface area contributed by atoms with Crippen molar-refractivity contribution >= 4 is 23.7 Å². The molecule has 11 heteroatoms. The highest BCUT2D eigenvalue weighted by Crippen LogP contribution is 2.33. The van der Waals surface area contributed by atoms with E-state index in [2.05, 4.69) is 26.0 Å². The molecular weight excluding hydrogens is 372 g/mol. The standard InChI is InChI=1S/C16H28N6O4S/c17-22-19-6-8-26-10-9-25-7-5-18-14(23)4-2-1-3-13-15-12(11-27-13)20-16(24)21-15/h12-13,15H,1-11H2,(H,18,23)(H2,20,21,24)/t12?,13-,15?/m0/s1. The first-order valence-electron chi connectivity index (χ1n) is 9.32. The van der Waals surface area contributed by atoms with Gasteiger partial charge in [-0.15, -0.1) is 0 Å². The van der Waals surface area contributed by atoms with E-state index in [1.54, 1.807) is 0 Å². The molecule has 2 fully saturated rings. The van der Waals surface area contributed by atoms with Gasteiger partial charge in [-0.2, -0.15) is 11.8 Å². The molecule has 2 aliphatic rings. The fraction of sp³-hybridized carbons (Fsp3) is 0.875. The van der Waals surface area contributed by atoms with Gasteiger partial charge in [-0.25, -0.2) is 4.79 Å². The van der Waals surface area contributed by atoms with Gasteiger partial charge in [-0.1, -0.05) is 11.5 Å². The molecule has 0 aromatic rings. The van der Waals surface area contributed by atoms with E-state index < -0.39 is 0 Å². The van der Waals surface area contributed by atoms with Crippen LogP contribution >= 0.6 is 11.8 Å². The molecule has 0 saturated carbocycles. The van der Waals surface area contributed by atoms with E-state index in [1.807, 2.05) is 11.8 Å². The van der Waals surface area contributed by atoms with Gasteiger partial charge in [0.2, 0.25) is 5.91 Å². The maximum Gasteiger partial charge on any atom is 0.315 e. The van der Waals surface area contributed by atoms with E-state index in [0.717, 1.165) is 25.0 Å². The van der Waals surface area contributed by atoms with Gasteiger partial charge in [0.1, 0.15) is 0 Å². The molecule has 3 N–H and O–H groups in total. The maximum absolute atomic E-state index is 11.8. The number of amides is 3. The lowest BCUT2D eigenvalue weighted by Gasteiger charge is -2.16. The number of nitrogens with one attached hydrogen (secondary N) is 3. The summed E-state index contributed by atoms with van der Waals surface area (Å²) in [5.74, 6) is 1.00. The molecule has 0 aliphatic carbocycles. The first-order chi connectivity index (χ1) is 13.2. The average molecular weight is 401 g/mol. The number of hydrogen-bond donors (Lipinski definition) is 3. The lowest BCUT2D eigenvalue weighted by Crippen LogP contribution is -2.36. The fourth-order valence-corrected chi connectivity index (χ4v) is 4.64. The Bertz CT molecular complexity index is 531. The molecule has 2 rings (SSSR count). The zero-order chi connectivity index (χ0) is 19.3. The number of urea groups is 1. The number of azide groups is 1. The normalized spacial score (nSPS) is 23.3. The molecule has 10 nitrogen and oxygen atoms in total. The second-order valence-corrected chi connectivity index (χ2v) is 7.67. The van der Waals surface area contributed by atoms with Crippen LogP contribution in [0.4, 0.5) is 4.79 Å². The predicted octanol–water partition coefficient (Wildman–Crippen LogP) is 1.17. The summed E-state index contributed by atoms with van der Waals surface area (Å²) in [6.45, 7) is 2.51. The summed E-state index contributed by atoms with van der Waals surface area (Å²) >= 11 is 1.90. The van der Waals surface area contributed by atoms with Crippen molar-refractivity contribution in [2.75, 3.05) is 45.3 Å². The van der Waals surface area contributed by atoms with Crippen molar-refractivity contribution in [3.05, 3.63) is 10.4 Å². The van der Waals surface area contributed by atoms with E-state index in [1.165, 1.54) is 0 Å². The van der Waals surface area contributed by atoms with E-state index in [4.69, 9.17) is 15.0 Å². The monoisotopic (exact) mass is 400 g/mol. The third-order valence-electron chi connectivity index (χ3n) is 4.42. The zero-order valence-corrected chi connectivity index (χ0v) is 16.2. The fourth-order valence-electron chi connectivity index (χ4n) is 3.10. The number of ether oxygens (including phenoxy) is 2. The summed E-state index contributed by atoms with van der Waals surface area (Å²) in [6, 6.07) is 0.431. The molecule has 2 saturated heterocycles. The van der Waals surface area contributed by atoms with Crippen LogP contribution in [0, 0.1) is 0 Å². The highest BCUT2D eigenvalue weighted by atomic mass is 32.2. The quantitative estimate of drug-likeness (QED) is 0.132. The van der Waals surface area contributed by atoms with Gasteiger partial charge in [-0.3, -0.25) is 4.79 Å². The van der Waals surface area contributed by atoms with Crippen molar-refractivity contribution in [1.29, 1.82) is 0 Å². The second kappa shape index (κ2) is 12.7. The van der Waals surface area contributed by atoms with Gasteiger partial charge in [0.25, 0.3) is 0 Å². The summed E-state index contributed by atoms with van der Waals surface area (Å²) in [7, 11) is 0.